The Balaban J connectivity index is 1.44. The van der Waals surface area contributed by atoms with Crippen molar-refractivity contribution in [2.75, 3.05) is 11.9 Å². The summed E-state index contributed by atoms with van der Waals surface area (Å²) in [5.41, 5.74) is 2.98. The van der Waals surface area contributed by atoms with Gasteiger partial charge in [0.25, 0.3) is 5.91 Å². The van der Waals surface area contributed by atoms with Crippen molar-refractivity contribution in [2.24, 2.45) is 0 Å². The Morgan fingerprint density at radius 2 is 1.52 bits per heavy atom. The Hall–Kier alpha value is -5.07. The molecular weight excluding hydrogens is 600 g/mol. The van der Waals surface area contributed by atoms with Crippen molar-refractivity contribution in [2.45, 2.75) is 20.1 Å². The number of amides is 1. The molecule has 0 aliphatic carbocycles. The first-order valence-corrected chi connectivity index (χ1v) is 13.8. The van der Waals surface area contributed by atoms with E-state index in [0.29, 0.717) is 46.2 Å². The molecule has 0 atom stereocenters. The first kappa shape index (κ1) is 29.9. The van der Waals surface area contributed by atoms with E-state index < -0.39 is 11.9 Å². The summed E-state index contributed by atoms with van der Waals surface area (Å²) in [6, 6.07) is 28.4. The third-order valence-electron chi connectivity index (χ3n) is 5.98. The molecule has 2 N–H and O–H groups in total. The number of ether oxygens (including phenoxy) is 3. The molecule has 4 rings (SSSR count). The quantitative estimate of drug-likeness (QED) is 0.126. The zero-order valence-corrected chi connectivity index (χ0v) is 24.3. The van der Waals surface area contributed by atoms with Gasteiger partial charge in [0, 0.05) is 10.2 Å². The van der Waals surface area contributed by atoms with Gasteiger partial charge in [-0.3, -0.25) is 4.79 Å². The molecule has 0 fully saturated rings. The molecule has 9 heteroatoms. The van der Waals surface area contributed by atoms with Crippen molar-refractivity contribution < 1.29 is 28.9 Å². The summed E-state index contributed by atoms with van der Waals surface area (Å²) in [6.07, 6.45) is 1.47. The summed E-state index contributed by atoms with van der Waals surface area (Å²) in [6.45, 7) is 2.81. The molecule has 0 aromatic heterocycles. The van der Waals surface area contributed by atoms with Crippen LogP contribution in [0.25, 0.3) is 6.08 Å². The minimum atomic E-state index is -0.999. The monoisotopic (exact) mass is 626 g/mol. The number of anilines is 1. The van der Waals surface area contributed by atoms with Gasteiger partial charge in [-0.05, 0) is 78.2 Å². The van der Waals surface area contributed by atoms with Gasteiger partial charge < -0.3 is 24.6 Å². The van der Waals surface area contributed by atoms with Crippen LogP contribution < -0.4 is 19.5 Å². The van der Waals surface area contributed by atoms with Crippen LogP contribution >= 0.6 is 15.9 Å². The molecule has 0 radical (unpaired) electrons. The van der Waals surface area contributed by atoms with Crippen LogP contribution in [0.5, 0.6) is 17.2 Å². The van der Waals surface area contributed by atoms with Crippen molar-refractivity contribution in [3.8, 4) is 23.3 Å². The van der Waals surface area contributed by atoms with Gasteiger partial charge in [-0.25, -0.2) is 4.79 Å². The molecule has 0 bridgehead atoms. The van der Waals surface area contributed by atoms with Crippen LogP contribution in [0.15, 0.2) is 101 Å². The molecule has 0 aliphatic heterocycles. The second-order valence-corrected chi connectivity index (χ2v) is 9.82. The first-order chi connectivity index (χ1) is 20.4. The van der Waals surface area contributed by atoms with Crippen molar-refractivity contribution in [1.82, 2.24) is 0 Å². The number of carboxylic acid groups (broad SMARTS) is 1. The number of nitrogens with zero attached hydrogens (tertiary/aromatic N) is 1. The van der Waals surface area contributed by atoms with Gasteiger partial charge in [-0.1, -0.05) is 58.4 Å². The van der Waals surface area contributed by atoms with Gasteiger partial charge in [0.15, 0.2) is 11.5 Å². The number of benzene rings is 4. The second kappa shape index (κ2) is 14.5. The summed E-state index contributed by atoms with van der Waals surface area (Å²) in [5.74, 6) is -0.0370. The van der Waals surface area contributed by atoms with Crippen LogP contribution in [0.2, 0.25) is 0 Å². The molecule has 0 unspecified atom stereocenters. The van der Waals surface area contributed by atoms with Gasteiger partial charge in [0.2, 0.25) is 0 Å². The van der Waals surface area contributed by atoms with Gasteiger partial charge >= 0.3 is 5.97 Å². The van der Waals surface area contributed by atoms with Crippen LogP contribution in [0.1, 0.15) is 34.0 Å². The molecular formula is C33H27BrN2O6. The molecule has 0 spiro atoms. The zero-order valence-electron chi connectivity index (χ0n) is 22.7. The van der Waals surface area contributed by atoms with E-state index in [1.165, 1.54) is 18.2 Å². The van der Waals surface area contributed by atoms with Crippen molar-refractivity contribution in [3.63, 3.8) is 0 Å². The Morgan fingerprint density at radius 3 is 2.17 bits per heavy atom. The summed E-state index contributed by atoms with van der Waals surface area (Å²) in [5, 5.41) is 21.6. The number of nitrogens with one attached hydrogen (secondary N) is 1. The van der Waals surface area contributed by atoms with E-state index in [1.54, 1.807) is 48.5 Å². The second-order valence-electron chi connectivity index (χ2n) is 8.97. The van der Waals surface area contributed by atoms with Crippen molar-refractivity contribution in [3.05, 3.63) is 123 Å². The van der Waals surface area contributed by atoms with E-state index in [1.807, 2.05) is 43.3 Å². The molecule has 8 nitrogen and oxygen atoms in total. The average molecular weight is 627 g/mol. The van der Waals surface area contributed by atoms with E-state index in [9.17, 15) is 14.9 Å². The van der Waals surface area contributed by atoms with Crippen LogP contribution in [-0.4, -0.2) is 23.6 Å². The third kappa shape index (κ3) is 8.22. The molecule has 0 aliphatic rings. The fraction of sp³-hybridized carbons (Fsp3) is 0.121. The fourth-order valence-corrected chi connectivity index (χ4v) is 4.26. The van der Waals surface area contributed by atoms with E-state index in [2.05, 4.69) is 21.2 Å². The molecule has 4 aromatic rings. The number of hydrogen-bond donors (Lipinski definition) is 2. The van der Waals surface area contributed by atoms with Crippen LogP contribution in [0.4, 0.5) is 5.69 Å². The van der Waals surface area contributed by atoms with E-state index in [0.717, 1.165) is 11.1 Å². The predicted molar refractivity (Wildman–Crippen MR) is 162 cm³/mol. The number of carbonyl (C=O) groups excluding carboxylic acids is 1. The van der Waals surface area contributed by atoms with Gasteiger partial charge in [0.05, 0.1) is 12.2 Å². The normalized spacial score (nSPS) is 10.8. The SMILES string of the molecule is CCOc1cc(/C=C(\C#N)C(=O)Nc2ccc(OCc3ccccc3)cc2)c(Br)cc1OCc1ccc(C(=O)O)cc1. The Kier molecular flexibility index (Phi) is 10.3. The smallest absolute Gasteiger partial charge is 0.335 e. The highest BCUT2D eigenvalue weighted by Gasteiger charge is 2.15. The van der Waals surface area contributed by atoms with Gasteiger partial charge in [-0.15, -0.1) is 0 Å². The maximum absolute atomic E-state index is 12.9. The third-order valence-corrected chi connectivity index (χ3v) is 6.67. The standard InChI is InChI=1S/C33H27BrN2O6/c1-2-40-30-17-25(29(34)18-31(30)42-21-23-8-10-24(11-9-23)33(38)39)16-26(19-35)32(37)36-27-12-14-28(15-13-27)41-20-22-6-4-3-5-7-22/h3-18H,2,20-21H2,1H3,(H,36,37)(H,38,39)/b26-16+. The Bertz CT molecular complexity index is 1610. The minimum Gasteiger partial charge on any atom is -0.490 e. The lowest BCUT2D eigenvalue weighted by Gasteiger charge is -2.14. The zero-order chi connectivity index (χ0) is 29.9. The Morgan fingerprint density at radius 1 is 0.881 bits per heavy atom. The maximum Gasteiger partial charge on any atom is 0.335 e. The molecule has 1 amide bonds. The average Bonchev–Trinajstić information content (AvgIpc) is 3.00. The molecule has 42 heavy (non-hydrogen) atoms. The number of carboxylic acids is 1. The van der Waals surface area contributed by atoms with E-state index >= 15 is 0 Å². The van der Waals surface area contributed by atoms with Crippen molar-refractivity contribution in [1.29, 1.82) is 5.26 Å². The summed E-state index contributed by atoms with van der Waals surface area (Å²) < 4.78 is 18.1. The number of rotatable bonds is 12. The molecule has 0 saturated heterocycles. The highest BCUT2D eigenvalue weighted by atomic mass is 79.9. The number of carbonyl (C=O) groups is 2. The topological polar surface area (TPSA) is 118 Å². The molecule has 0 heterocycles. The van der Waals surface area contributed by atoms with Crippen LogP contribution in [0.3, 0.4) is 0 Å². The summed E-state index contributed by atoms with van der Waals surface area (Å²) in [7, 11) is 0. The molecule has 0 saturated carbocycles. The summed E-state index contributed by atoms with van der Waals surface area (Å²) in [4.78, 5) is 24.0. The van der Waals surface area contributed by atoms with Gasteiger partial charge in [-0.2, -0.15) is 5.26 Å². The lowest BCUT2D eigenvalue weighted by Crippen LogP contribution is -2.13. The molecule has 4 aromatic carbocycles. The number of nitriles is 1. The van der Waals surface area contributed by atoms with Gasteiger partial charge in [0.1, 0.15) is 30.6 Å². The number of hydrogen-bond acceptors (Lipinski definition) is 6. The lowest BCUT2D eigenvalue weighted by molar-refractivity contribution is -0.112. The minimum absolute atomic E-state index is 0.102. The van der Waals surface area contributed by atoms with E-state index in [-0.39, 0.29) is 17.7 Å². The highest BCUT2D eigenvalue weighted by molar-refractivity contribution is 9.10. The lowest BCUT2D eigenvalue weighted by atomic mass is 10.1. The number of halogens is 1. The van der Waals surface area contributed by atoms with Crippen LogP contribution in [-0.2, 0) is 18.0 Å². The highest BCUT2D eigenvalue weighted by Crippen LogP contribution is 2.35. The fourth-order valence-electron chi connectivity index (χ4n) is 3.83. The predicted octanol–water partition coefficient (Wildman–Crippen LogP) is 7.25. The largest absolute Gasteiger partial charge is 0.490 e. The first-order valence-electron chi connectivity index (χ1n) is 13.0. The number of aromatic carboxylic acids is 1. The van der Waals surface area contributed by atoms with Crippen molar-refractivity contribution >= 4 is 39.6 Å². The Labute approximate surface area is 251 Å². The maximum atomic E-state index is 12.9. The summed E-state index contributed by atoms with van der Waals surface area (Å²) >= 11 is 3.50. The van der Waals surface area contributed by atoms with Crippen LogP contribution in [0, 0.1) is 11.3 Å². The molecule has 212 valence electrons. The van der Waals surface area contributed by atoms with E-state index in [4.69, 9.17) is 19.3 Å².